The molecule has 21 heavy (non-hydrogen) atoms. The molecular weight excluding hydrogens is 270 g/mol. The first-order chi connectivity index (χ1) is 9.90. The van der Waals surface area contributed by atoms with Gasteiger partial charge in [0.1, 0.15) is 5.75 Å². The molecule has 6 nitrogen and oxygen atoms in total. The Hall–Kier alpha value is -2.37. The van der Waals surface area contributed by atoms with Crippen LogP contribution in [0.25, 0.3) is 0 Å². The van der Waals surface area contributed by atoms with Gasteiger partial charge in [-0.1, -0.05) is 25.9 Å². The predicted molar refractivity (Wildman–Crippen MR) is 77.2 cm³/mol. The second kappa shape index (κ2) is 5.95. The van der Waals surface area contributed by atoms with Gasteiger partial charge < -0.3 is 14.6 Å². The first-order valence-corrected chi connectivity index (χ1v) is 6.68. The molecule has 0 radical (unpaired) electrons. The fourth-order valence-corrected chi connectivity index (χ4v) is 1.61. The monoisotopic (exact) mass is 289 g/mol. The van der Waals surface area contributed by atoms with Gasteiger partial charge in [-0.25, -0.2) is 0 Å². The van der Waals surface area contributed by atoms with Gasteiger partial charge in [0.2, 0.25) is 0 Å². The van der Waals surface area contributed by atoms with Crippen LogP contribution in [0, 0.1) is 0 Å². The van der Waals surface area contributed by atoms with E-state index in [-0.39, 0.29) is 17.9 Å². The lowest BCUT2D eigenvalue weighted by Gasteiger charge is -2.10. The summed E-state index contributed by atoms with van der Waals surface area (Å²) in [7, 11) is 1.59. The van der Waals surface area contributed by atoms with Crippen LogP contribution in [-0.4, -0.2) is 23.1 Å². The molecule has 2 rings (SSSR count). The largest absolute Gasteiger partial charge is 0.484 e. The van der Waals surface area contributed by atoms with Gasteiger partial charge in [0, 0.05) is 18.0 Å². The van der Waals surface area contributed by atoms with Crippen molar-refractivity contribution in [2.24, 2.45) is 0 Å². The van der Waals surface area contributed by atoms with Crippen molar-refractivity contribution in [3.63, 3.8) is 0 Å². The van der Waals surface area contributed by atoms with E-state index in [4.69, 9.17) is 9.26 Å². The van der Waals surface area contributed by atoms with E-state index in [1.807, 2.05) is 20.8 Å². The Labute approximate surface area is 123 Å². The Kier molecular flexibility index (Phi) is 4.26. The average molecular weight is 289 g/mol. The molecule has 112 valence electrons. The summed E-state index contributed by atoms with van der Waals surface area (Å²) in [6.45, 7) is 6.24. The minimum atomic E-state index is -0.156. The molecule has 1 N–H and O–H groups in total. The topological polar surface area (TPSA) is 77.2 Å². The Morgan fingerprint density at radius 3 is 2.48 bits per heavy atom. The molecule has 0 aliphatic heterocycles. The molecule has 0 aliphatic rings. The minimum absolute atomic E-state index is 0.131. The third-order valence-corrected chi connectivity index (χ3v) is 2.84. The number of hydrogen-bond acceptors (Lipinski definition) is 5. The molecule has 1 aromatic carbocycles. The summed E-state index contributed by atoms with van der Waals surface area (Å²) in [4.78, 5) is 15.7. The molecule has 0 fully saturated rings. The Morgan fingerprint density at radius 2 is 1.95 bits per heavy atom. The van der Waals surface area contributed by atoms with Crippen LogP contribution >= 0.6 is 0 Å². The van der Waals surface area contributed by atoms with Gasteiger partial charge in [0.25, 0.3) is 11.8 Å². The second-order valence-corrected chi connectivity index (χ2v) is 5.65. The summed E-state index contributed by atoms with van der Waals surface area (Å²) in [6.07, 6.45) is 0. The smallest absolute Gasteiger partial charge is 0.264 e. The van der Waals surface area contributed by atoms with E-state index in [1.54, 1.807) is 31.3 Å². The number of ether oxygens (including phenoxy) is 1. The molecule has 2 aromatic rings. The molecule has 1 amide bonds. The second-order valence-electron chi connectivity index (χ2n) is 5.65. The summed E-state index contributed by atoms with van der Waals surface area (Å²) >= 11 is 0. The summed E-state index contributed by atoms with van der Waals surface area (Å²) < 4.78 is 10.7. The molecule has 0 saturated heterocycles. The Morgan fingerprint density at radius 1 is 1.29 bits per heavy atom. The molecule has 6 heteroatoms. The molecule has 0 aliphatic carbocycles. The van der Waals surface area contributed by atoms with E-state index < -0.39 is 0 Å². The summed E-state index contributed by atoms with van der Waals surface area (Å²) in [5.74, 6) is 1.58. The van der Waals surface area contributed by atoms with Gasteiger partial charge in [-0.2, -0.15) is 4.98 Å². The number of carbonyl (C=O) groups is 1. The molecule has 0 unspecified atom stereocenters. The van der Waals surface area contributed by atoms with Crippen LogP contribution in [0.1, 0.15) is 42.8 Å². The molecular formula is C15H19N3O3. The average Bonchev–Trinajstić information content (AvgIpc) is 2.94. The number of rotatable bonds is 4. The highest BCUT2D eigenvalue weighted by atomic mass is 16.5. The number of aromatic nitrogens is 2. The molecule has 0 bridgehead atoms. The SMILES string of the molecule is CNC(=O)c1ccc(OCc2nc(C(C)(C)C)no2)cc1. The van der Waals surface area contributed by atoms with E-state index in [2.05, 4.69) is 15.5 Å². The number of hydrogen-bond donors (Lipinski definition) is 1. The standard InChI is InChI=1S/C15H19N3O3/c1-15(2,3)14-17-12(21-18-14)9-20-11-7-5-10(6-8-11)13(19)16-4/h5-8H,9H2,1-4H3,(H,16,19). The van der Waals surface area contributed by atoms with Crippen molar-refractivity contribution in [2.75, 3.05) is 7.05 Å². The van der Waals surface area contributed by atoms with Gasteiger partial charge in [-0.15, -0.1) is 0 Å². The van der Waals surface area contributed by atoms with Crippen molar-refractivity contribution >= 4 is 5.91 Å². The van der Waals surface area contributed by atoms with Gasteiger partial charge in [0.05, 0.1) is 0 Å². The molecule has 0 spiro atoms. The maximum absolute atomic E-state index is 11.4. The van der Waals surface area contributed by atoms with Crippen molar-refractivity contribution in [1.29, 1.82) is 0 Å². The van der Waals surface area contributed by atoms with E-state index >= 15 is 0 Å². The van der Waals surface area contributed by atoms with Crippen molar-refractivity contribution in [2.45, 2.75) is 32.8 Å². The lowest BCUT2D eigenvalue weighted by atomic mass is 9.96. The number of nitrogens with zero attached hydrogens (tertiary/aromatic N) is 2. The quantitative estimate of drug-likeness (QED) is 0.934. The fraction of sp³-hybridized carbons (Fsp3) is 0.400. The Bertz CT molecular complexity index is 612. The van der Waals surface area contributed by atoms with Crippen LogP contribution in [0.15, 0.2) is 28.8 Å². The lowest BCUT2D eigenvalue weighted by Crippen LogP contribution is -2.17. The van der Waals surface area contributed by atoms with Crippen molar-refractivity contribution in [3.8, 4) is 5.75 Å². The van der Waals surface area contributed by atoms with Gasteiger partial charge in [-0.05, 0) is 24.3 Å². The zero-order chi connectivity index (χ0) is 15.5. The normalized spacial score (nSPS) is 11.2. The minimum Gasteiger partial charge on any atom is -0.484 e. The van der Waals surface area contributed by atoms with Crippen LogP contribution in [0.3, 0.4) is 0 Å². The number of carbonyl (C=O) groups excluding carboxylic acids is 1. The van der Waals surface area contributed by atoms with Crippen LogP contribution < -0.4 is 10.1 Å². The molecule has 0 saturated carbocycles. The highest BCUT2D eigenvalue weighted by molar-refractivity contribution is 5.94. The third kappa shape index (κ3) is 3.81. The van der Waals surface area contributed by atoms with Crippen molar-refractivity contribution in [1.82, 2.24) is 15.5 Å². The first-order valence-electron chi connectivity index (χ1n) is 6.68. The maximum Gasteiger partial charge on any atom is 0.264 e. The van der Waals surface area contributed by atoms with Crippen molar-refractivity contribution < 1.29 is 14.1 Å². The predicted octanol–water partition coefficient (Wildman–Crippen LogP) is 2.31. The summed E-state index contributed by atoms with van der Waals surface area (Å²) in [5.41, 5.74) is 0.425. The molecule has 1 heterocycles. The van der Waals surface area contributed by atoms with E-state index in [0.29, 0.717) is 23.0 Å². The highest BCUT2D eigenvalue weighted by Gasteiger charge is 2.21. The number of benzene rings is 1. The van der Waals surface area contributed by atoms with Crippen molar-refractivity contribution in [3.05, 3.63) is 41.5 Å². The van der Waals surface area contributed by atoms with Crippen LogP contribution in [0.2, 0.25) is 0 Å². The zero-order valence-corrected chi connectivity index (χ0v) is 12.6. The van der Waals surface area contributed by atoms with Gasteiger partial charge >= 0.3 is 0 Å². The first kappa shape index (κ1) is 15.0. The zero-order valence-electron chi connectivity index (χ0n) is 12.6. The molecule has 1 aromatic heterocycles. The van der Waals surface area contributed by atoms with Crippen LogP contribution in [0.4, 0.5) is 0 Å². The Balaban J connectivity index is 1.97. The van der Waals surface area contributed by atoms with Crippen LogP contribution in [0.5, 0.6) is 5.75 Å². The van der Waals surface area contributed by atoms with Gasteiger partial charge in [-0.3, -0.25) is 4.79 Å². The van der Waals surface area contributed by atoms with E-state index in [0.717, 1.165) is 0 Å². The highest BCUT2D eigenvalue weighted by Crippen LogP contribution is 2.19. The fourth-order valence-electron chi connectivity index (χ4n) is 1.61. The maximum atomic E-state index is 11.4. The number of nitrogens with one attached hydrogen (secondary N) is 1. The lowest BCUT2D eigenvalue weighted by molar-refractivity contribution is 0.0963. The third-order valence-electron chi connectivity index (χ3n) is 2.84. The number of amides is 1. The summed E-state index contributed by atoms with van der Waals surface area (Å²) in [5, 5.41) is 6.49. The van der Waals surface area contributed by atoms with Crippen LogP contribution in [-0.2, 0) is 12.0 Å². The molecule has 0 atom stereocenters. The van der Waals surface area contributed by atoms with E-state index in [1.165, 1.54) is 0 Å². The van der Waals surface area contributed by atoms with E-state index in [9.17, 15) is 4.79 Å². The summed E-state index contributed by atoms with van der Waals surface area (Å²) in [6, 6.07) is 6.85. The van der Waals surface area contributed by atoms with Gasteiger partial charge in [0.15, 0.2) is 12.4 Å².